The van der Waals surface area contributed by atoms with Crippen molar-refractivity contribution in [3.05, 3.63) is 17.0 Å². The van der Waals surface area contributed by atoms with E-state index in [4.69, 9.17) is 16.3 Å². The number of halogens is 1. The van der Waals surface area contributed by atoms with E-state index in [0.717, 1.165) is 49.5 Å². The number of hydrogen-bond acceptors (Lipinski definition) is 4. The monoisotopic (exact) mass is 266 g/mol. The Balaban J connectivity index is 1.89. The van der Waals surface area contributed by atoms with Crippen molar-refractivity contribution in [3.8, 4) is 0 Å². The normalized spacial score (nSPS) is 17.4. The molecule has 6 heteroatoms. The minimum Gasteiger partial charge on any atom is -0.381 e. The third kappa shape index (κ3) is 2.20. The van der Waals surface area contributed by atoms with Crippen LogP contribution in [0.15, 0.2) is 6.20 Å². The second-order valence-corrected chi connectivity index (χ2v) is 5.05. The molecular formula is C12H15ClN4O. The molecule has 0 atom stereocenters. The number of aromatic nitrogens is 4. The molecule has 1 fully saturated rings. The Morgan fingerprint density at radius 1 is 1.39 bits per heavy atom. The van der Waals surface area contributed by atoms with E-state index >= 15 is 0 Å². The van der Waals surface area contributed by atoms with Crippen LogP contribution in [-0.4, -0.2) is 33.0 Å². The molecule has 0 aliphatic carbocycles. The van der Waals surface area contributed by atoms with Crippen LogP contribution in [-0.2, 0) is 11.3 Å². The van der Waals surface area contributed by atoms with Gasteiger partial charge in [0.15, 0.2) is 10.8 Å². The highest BCUT2D eigenvalue weighted by molar-refractivity contribution is 6.30. The summed E-state index contributed by atoms with van der Waals surface area (Å²) in [4.78, 5) is 8.76. The van der Waals surface area contributed by atoms with Gasteiger partial charge in [-0.05, 0) is 25.7 Å². The molecule has 2 aromatic heterocycles. The van der Waals surface area contributed by atoms with Crippen molar-refractivity contribution in [1.82, 2.24) is 19.7 Å². The predicted molar refractivity (Wildman–Crippen MR) is 68.6 cm³/mol. The number of fused-ring (bicyclic) bond motifs is 1. The van der Waals surface area contributed by atoms with E-state index in [9.17, 15) is 0 Å². The SMILES string of the molecule is Cc1nc2cnn(CC3CCOCC3)c2nc1Cl. The van der Waals surface area contributed by atoms with Crippen LogP contribution in [0.4, 0.5) is 0 Å². The van der Waals surface area contributed by atoms with Crippen molar-refractivity contribution >= 4 is 22.8 Å². The van der Waals surface area contributed by atoms with Gasteiger partial charge < -0.3 is 4.74 Å². The second kappa shape index (κ2) is 4.82. The Labute approximate surface area is 110 Å². The summed E-state index contributed by atoms with van der Waals surface area (Å²) in [6.45, 7) is 4.40. The molecule has 0 aromatic carbocycles. The number of aryl methyl sites for hydroxylation is 1. The smallest absolute Gasteiger partial charge is 0.178 e. The van der Waals surface area contributed by atoms with Crippen LogP contribution < -0.4 is 0 Å². The first-order valence-corrected chi connectivity index (χ1v) is 6.55. The van der Waals surface area contributed by atoms with Gasteiger partial charge in [0, 0.05) is 19.8 Å². The Kier molecular flexibility index (Phi) is 3.18. The van der Waals surface area contributed by atoms with Crippen molar-refractivity contribution in [2.75, 3.05) is 13.2 Å². The molecule has 3 rings (SSSR count). The highest BCUT2D eigenvalue weighted by Crippen LogP contribution is 2.20. The van der Waals surface area contributed by atoms with Gasteiger partial charge in [-0.25, -0.2) is 14.6 Å². The first kappa shape index (κ1) is 11.9. The fourth-order valence-electron chi connectivity index (χ4n) is 2.27. The molecule has 0 amide bonds. The number of rotatable bonds is 2. The number of nitrogens with zero attached hydrogens (tertiary/aromatic N) is 4. The number of ether oxygens (including phenoxy) is 1. The zero-order valence-corrected chi connectivity index (χ0v) is 11.0. The second-order valence-electron chi connectivity index (χ2n) is 4.69. The first-order chi connectivity index (χ1) is 8.74. The lowest BCUT2D eigenvalue weighted by Gasteiger charge is -2.21. The molecule has 1 aliphatic rings. The Morgan fingerprint density at radius 3 is 2.94 bits per heavy atom. The molecule has 0 N–H and O–H groups in total. The molecule has 1 saturated heterocycles. The maximum atomic E-state index is 6.02. The minimum absolute atomic E-state index is 0.455. The van der Waals surface area contributed by atoms with Gasteiger partial charge in [0.25, 0.3) is 0 Å². The van der Waals surface area contributed by atoms with Crippen molar-refractivity contribution in [2.24, 2.45) is 5.92 Å². The van der Waals surface area contributed by atoms with Crippen molar-refractivity contribution < 1.29 is 4.74 Å². The van der Waals surface area contributed by atoms with Crippen LogP contribution in [0.25, 0.3) is 11.2 Å². The van der Waals surface area contributed by atoms with Gasteiger partial charge in [-0.2, -0.15) is 5.10 Å². The van der Waals surface area contributed by atoms with E-state index in [1.807, 2.05) is 11.6 Å². The lowest BCUT2D eigenvalue weighted by molar-refractivity contribution is 0.0605. The van der Waals surface area contributed by atoms with Crippen LogP contribution in [0.1, 0.15) is 18.5 Å². The zero-order chi connectivity index (χ0) is 12.5. The van der Waals surface area contributed by atoms with E-state index in [2.05, 4.69) is 15.1 Å². The fourth-order valence-corrected chi connectivity index (χ4v) is 2.39. The summed E-state index contributed by atoms with van der Waals surface area (Å²) in [7, 11) is 0. The summed E-state index contributed by atoms with van der Waals surface area (Å²) in [5.41, 5.74) is 2.33. The third-order valence-electron chi connectivity index (χ3n) is 3.36. The average molecular weight is 267 g/mol. The molecule has 0 spiro atoms. The molecule has 1 aliphatic heterocycles. The topological polar surface area (TPSA) is 52.8 Å². The van der Waals surface area contributed by atoms with Crippen LogP contribution >= 0.6 is 11.6 Å². The lowest BCUT2D eigenvalue weighted by Crippen LogP contribution is -2.21. The predicted octanol–water partition coefficient (Wildman–Crippen LogP) is 2.21. The van der Waals surface area contributed by atoms with Crippen LogP contribution in [0.5, 0.6) is 0 Å². The quantitative estimate of drug-likeness (QED) is 0.836. The van der Waals surface area contributed by atoms with Gasteiger partial charge in [0.05, 0.1) is 11.9 Å². The molecule has 0 bridgehead atoms. The van der Waals surface area contributed by atoms with Crippen LogP contribution in [0.3, 0.4) is 0 Å². The third-order valence-corrected chi connectivity index (χ3v) is 3.71. The molecule has 5 nitrogen and oxygen atoms in total. The van der Waals surface area contributed by atoms with Gasteiger partial charge in [-0.15, -0.1) is 0 Å². The summed E-state index contributed by atoms with van der Waals surface area (Å²) < 4.78 is 7.27. The minimum atomic E-state index is 0.455. The Hall–Kier alpha value is -1.20. The van der Waals surface area contributed by atoms with E-state index < -0.39 is 0 Å². The average Bonchev–Trinajstić information content (AvgIpc) is 2.74. The van der Waals surface area contributed by atoms with Crippen molar-refractivity contribution in [2.45, 2.75) is 26.3 Å². The highest BCUT2D eigenvalue weighted by atomic mass is 35.5. The molecule has 2 aromatic rings. The maximum Gasteiger partial charge on any atom is 0.178 e. The summed E-state index contributed by atoms with van der Waals surface area (Å²) in [6.07, 6.45) is 3.91. The molecular weight excluding hydrogens is 252 g/mol. The number of hydrogen-bond donors (Lipinski definition) is 0. The van der Waals surface area contributed by atoms with E-state index in [-0.39, 0.29) is 0 Å². The molecule has 18 heavy (non-hydrogen) atoms. The standard InChI is InChI=1S/C12H15ClN4O/c1-8-11(13)16-12-10(15-8)6-14-17(12)7-9-2-4-18-5-3-9/h6,9H,2-5,7H2,1H3. The van der Waals surface area contributed by atoms with Crippen LogP contribution in [0, 0.1) is 12.8 Å². The fraction of sp³-hybridized carbons (Fsp3) is 0.583. The molecule has 0 unspecified atom stereocenters. The lowest BCUT2D eigenvalue weighted by atomic mass is 10.0. The van der Waals surface area contributed by atoms with E-state index in [1.54, 1.807) is 6.20 Å². The molecule has 0 radical (unpaired) electrons. The maximum absolute atomic E-state index is 6.02. The van der Waals surface area contributed by atoms with Gasteiger partial charge in [-0.3, -0.25) is 0 Å². The Morgan fingerprint density at radius 2 is 2.17 bits per heavy atom. The van der Waals surface area contributed by atoms with Gasteiger partial charge >= 0.3 is 0 Å². The van der Waals surface area contributed by atoms with E-state index in [0.29, 0.717) is 11.1 Å². The van der Waals surface area contributed by atoms with Crippen molar-refractivity contribution in [3.63, 3.8) is 0 Å². The summed E-state index contributed by atoms with van der Waals surface area (Å²) in [6, 6.07) is 0. The molecule has 0 saturated carbocycles. The van der Waals surface area contributed by atoms with Gasteiger partial charge in [0.1, 0.15) is 5.52 Å². The molecule has 96 valence electrons. The van der Waals surface area contributed by atoms with Crippen molar-refractivity contribution in [1.29, 1.82) is 0 Å². The van der Waals surface area contributed by atoms with Gasteiger partial charge in [0.2, 0.25) is 0 Å². The first-order valence-electron chi connectivity index (χ1n) is 6.17. The zero-order valence-electron chi connectivity index (χ0n) is 10.3. The van der Waals surface area contributed by atoms with Gasteiger partial charge in [-0.1, -0.05) is 11.6 Å². The summed E-state index contributed by atoms with van der Waals surface area (Å²) >= 11 is 6.02. The highest BCUT2D eigenvalue weighted by Gasteiger charge is 2.17. The summed E-state index contributed by atoms with van der Waals surface area (Å²) in [5, 5.41) is 4.82. The largest absolute Gasteiger partial charge is 0.381 e. The Bertz CT molecular complexity index is 562. The van der Waals surface area contributed by atoms with E-state index in [1.165, 1.54) is 0 Å². The van der Waals surface area contributed by atoms with Crippen LogP contribution in [0.2, 0.25) is 5.15 Å². The summed E-state index contributed by atoms with van der Waals surface area (Å²) in [5.74, 6) is 0.601. The molecule has 3 heterocycles.